The fourth-order valence-corrected chi connectivity index (χ4v) is 5.45. The first-order chi connectivity index (χ1) is 15.6. The van der Waals surface area contributed by atoms with Crippen LogP contribution in [-0.2, 0) is 14.8 Å². The van der Waals surface area contributed by atoms with Crippen molar-refractivity contribution in [1.82, 2.24) is 24.9 Å². The number of alkyl carbamates (subject to hydrolysis) is 1. The zero-order valence-corrected chi connectivity index (χ0v) is 19.9. The lowest BCUT2D eigenvalue weighted by molar-refractivity contribution is 0.0933. The molecule has 11 heteroatoms. The number of carbonyl (C=O) groups is 2. The first kappa shape index (κ1) is 23.5. The lowest BCUT2D eigenvalue weighted by Crippen LogP contribution is -2.38. The molecule has 3 atom stereocenters. The van der Waals surface area contributed by atoms with Gasteiger partial charge in [-0.1, -0.05) is 0 Å². The molecule has 2 aromatic rings. The maximum absolute atomic E-state index is 12.7. The maximum atomic E-state index is 12.7. The Hall–Kier alpha value is -2.66. The molecule has 0 spiro atoms. The highest BCUT2D eigenvalue weighted by Gasteiger charge is 2.31. The predicted octanol–water partition coefficient (Wildman–Crippen LogP) is 2.10. The Morgan fingerprint density at radius 3 is 2.73 bits per heavy atom. The predicted molar refractivity (Wildman–Crippen MR) is 124 cm³/mol. The van der Waals surface area contributed by atoms with Crippen molar-refractivity contribution in [2.45, 2.75) is 63.6 Å². The number of hydrogen-bond donors (Lipinski definition) is 3. The van der Waals surface area contributed by atoms with Crippen molar-refractivity contribution in [3.63, 3.8) is 0 Å². The molecule has 2 aliphatic rings. The molecule has 0 aromatic carbocycles. The third kappa shape index (κ3) is 5.64. The van der Waals surface area contributed by atoms with E-state index in [2.05, 4.69) is 20.6 Å². The Morgan fingerprint density at radius 2 is 2.03 bits per heavy atom. The zero-order valence-electron chi connectivity index (χ0n) is 19.1. The average Bonchev–Trinajstić information content (AvgIpc) is 3.45. The van der Waals surface area contributed by atoms with Gasteiger partial charge in [-0.05, 0) is 63.1 Å². The van der Waals surface area contributed by atoms with E-state index in [9.17, 15) is 18.0 Å². The highest BCUT2D eigenvalue weighted by molar-refractivity contribution is 7.88. The number of aromatic amines is 1. The van der Waals surface area contributed by atoms with Gasteiger partial charge >= 0.3 is 6.09 Å². The molecule has 2 fully saturated rings. The Kier molecular flexibility index (Phi) is 6.62. The molecule has 1 unspecified atom stereocenters. The third-order valence-corrected chi connectivity index (χ3v) is 7.50. The average molecular weight is 478 g/mol. The minimum atomic E-state index is -3.25. The number of amides is 2. The fraction of sp³-hybridized carbons (Fsp3) is 0.591. The van der Waals surface area contributed by atoms with Crippen LogP contribution in [0.2, 0.25) is 0 Å². The molecule has 4 rings (SSSR count). The van der Waals surface area contributed by atoms with Crippen molar-refractivity contribution in [3.8, 4) is 0 Å². The normalized spacial score (nSPS) is 23.8. The second-order valence-corrected chi connectivity index (χ2v) is 11.3. The van der Waals surface area contributed by atoms with Gasteiger partial charge in [-0.15, -0.1) is 0 Å². The molecule has 2 aromatic heterocycles. The van der Waals surface area contributed by atoms with E-state index in [0.29, 0.717) is 24.3 Å². The van der Waals surface area contributed by atoms with E-state index in [0.717, 1.165) is 30.2 Å². The number of rotatable bonds is 6. The van der Waals surface area contributed by atoms with E-state index in [-0.39, 0.29) is 42.7 Å². The van der Waals surface area contributed by atoms with Crippen LogP contribution in [0.25, 0.3) is 11.0 Å². The molecule has 0 bridgehead atoms. The summed E-state index contributed by atoms with van der Waals surface area (Å²) in [6, 6.07) is 3.61. The molecule has 1 saturated carbocycles. The molecular formula is C22H31N5O5S. The van der Waals surface area contributed by atoms with Crippen molar-refractivity contribution in [2.24, 2.45) is 0 Å². The molecule has 33 heavy (non-hydrogen) atoms. The zero-order chi connectivity index (χ0) is 23.8. The molecule has 1 aliphatic carbocycles. The monoisotopic (exact) mass is 477 g/mol. The number of sulfonamides is 1. The lowest BCUT2D eigenvalue weighted by Gasteiger charge is -2.15. The number of H-pyrrole nitrogens is 1. The van der Waals surface area contributed by atoms with E-state index < -0.39 is 10.0 Å². The van der Waals surface area contributed by atoms with Crippen molar-refractivity contribution < 1.29 is 22.7 Å². The first-order valence-electron chi connectivity index (χ1n) is 11.3. The van der Waals surface area contributed by atoms with E-state index in [1.807, 2.05) is 26.1 Å². The van der Waals surface area contributed by atoms with Crippen molar-refractivity contribution >= 4 is 33.1 Å². The summed E-state index contributed by atoms with van der Waals surface area (Å²) in [5.41, 5.74) is 2.07. The SMILES string of the molecule is CC(C)NC(=O)O[C@@H]1CC[C@H](c2cnc3[nH]c(C(=O)NC4CCN(S(C)(=O)=O)C4)cc3c2)C1. The van der Waals surface area contributed by atoms with Gasteiger partial charge in [0, 0.05) is 36.8 Å². The molecule has 180 valence electrons. The largest absolute Gasteiger partial charge is 0.446 e. The summed E-state index contributed by atoms with van der Waals surface area (Å²) in [5.74, 6) is -0.0354. The summed E-state index contributed by atoms with van der Waals surface area (Å²) in [6.07, 6.45) is 5.53. The van der Waals surface area contributed by atoms with E-state index >= 15 is 0 Å². The Labute approximate surface area is 193 Å². The van der Waals surface area contributed by atoms with Gasteiger partial charge in [-0.2, -0.15) is 0 Å². The minimum Gasteiger partial charge on any atom is -0.446 e. The van der Waals surface area contributed by atoms with Gasteiger partial charge in [-0.3, -0.25) is 4.79 Å². The molecule has 10 nitrogen and oxygen atoms in total. The first-order valence-corrected chi connectivity index (χ1v) is 13.1. The number of aromatic nitrogens is 2. The van der Waals surface area contributed by atoms with E-state index in [4.69, 9.17) is 4.74 Å². The number of carbonyl (C=O) groups excluding carboxylic acids is 2. The standard InChI is InChI=1S/C22H31N5O5S/c1-13(2)24-22(29)32-18-5-4-14(9-18)16-8-15-10-19(26-20(15)23-11-16)21(28)25-17-6-7-27(12-17)33(3,30)31/h8,10-11,13-14,17-18H,4-7,9,12H2,1-3H3,(H,23,26)(H,24,29)(H,25,28)/t14-,17?,18+/m0/s1. The van der Waals surface area contributed by atoms with Crippen LogP contribution in [0.4, 0.5) is 4.79 Å². The highest BCUT2D eigenvalue weighted by atomic mass is 32.2. The van der Waals surface area contributed by atoms with E-state index in [1.165, 1.54) is 10.6 Å². The summed E-state index contributed by atoms with van der Waals surface area (Å²) >= 11 is 0. The number of fused-ring (bicyclic) bond motifs is 1. The number of ether oxygens (including phenoxy) is 1. The van der Waals surface area contributed by atoms with Gasteiger partial charge in [0.1, 0.15) is 17.4 Å². The summed E-state index contributed by atoms with van der Waals surface area (Å²) in [4.78, 5) is 32.1. The summed E-state index contributed by atoms with van der Waals surface area (Å²) < 4.78 is 30.3. The van der Waals surface area contributed by atoms with Gasteiger partial charge < -0.3 is 20.4 Å². The van der Waals surface area contributed by atoms with Crippen molar-refractivity contribution in [3.05, 3.63) is 29.6 Å². The molecule has 1 saturated heterocycles. The van der Waals surface area contributed by atoms with Gasteiger partial charge in [0.2, 0.25) is 10.0 Å². The lowest BCUT2D eigenvalue weighted by atomic mass is 9.99. The second kappa shape index (κ2) is 9.30. The summed E-state index contributed by atoms with van der Waals surface area (Å²) in [6.45, 7) is 4.48. The number of hydrogen-bond acceptors (Lipinski definition) is 6. The maximum Gasteiger partial charge on any atom is 0.407 e. The van der Waals surface area contributed by atoms with Crippen LogP contribution in [0.5, 0.6) is 0 Å². The van der Waals surface area contributed by atoms with Gasteiger partial charge in [0.05, 0.1) is 6.26 Å². The minimum absolute atomic E-state index is 0.0357. The highest BCUT2D eigenvalue weighted by Crippen LogP contribution is 2.36. The van der Waals surface area contributed by atoms with Gasteiger partial charge in [0.15, 0.2) is 0 Å². The number of nitrogens with zero attached hydrogens (tertiary/aromatic N) is 2. The Balaban J connectivity index is 1.38. The molecular weight excluding hydrogens is 446 g/mol. The summed E-state index contributed by atoms with van der Waals surface area (Å²) in [5, 5.41) is 6.49. The third-order valence-electron chi connectivity index (χ3n) is 6.23. The Morgan fingerprint density at radius 1 is 1.24 bits per heavy atom. The second-order valence-electron chi connectivity index (χ2n) is 9.31. The van der Waals surface area contributed by atoms with Gasteiger partial charge in [-0.25, -0.2) is 22.5 Å². The van der Waals surface area contributed by atoms with Crippen LogP contribution in [0.15, 0.2) is 18.3 Å². The van der Waals surface area contributed by atoms with Crippen LogP contribution < -0.4 is 10.6 Å². The molecule has 1 aliphatic heterocycles. The smallest absolute Gasteiger partial charge is 0.407 e. The Bertz CT molecular complexity index is 1150. The van der Waals surface area contributed by atoms with Crippen LogP contribution in [0, 0.1) is 0 Å². The number of pyridine rings is 1. The fourth-order valence-electron chi connectivity index (χ4n) is 4.56. The van der Waals surface area contributed by atoms with Crippen LogP contribution in [0.1, 0.15) is 61.5 Å². The van der Waals surface area contributed by atoms with Crippen LogP contribution >= 0.6 is 0 Å². The molecule has 0 radical (unpaired) electrons. The molecule has 3 N–H and O–H groups in total. The molecule has 2 amide bonds. The van der Waals surface area contributed by atoms with Crippen molar-refractivity contribution in [2.75, 3.05) is 19.3 Å². The quantitative estimate of drug-likeness (QED) is 0.583. The summed E-state index contributed by atoms with van der Waals surface area (Å²) in [7, 11) is -3.25. The van der Waals surface area contributed by atoms with E-state index in [1.54, 1.807) is 6.07 Å². The van der Waals surface area contributed by atoms with Crippen LogP contribution in [-0.4, -0.2) is 72.2 Å². The molecule has 3 heterocycles. The van der Waals surface area contributed by atoms with Crippen LogP contribution in [0.3, 0.4) is 0 Å². The van der Waals surface area contributed by atoms with Gasteiger partial charge in [0.25, 0.3) is 5.91 Å². The number of nitrogens with one attached hydrogen (secondary N) is 3. The topological polar surface area (TPSA) is 133 Å². The van der Waals surface area contributed by atoms with Crippen molar-refractivity contribution in [1.29, 1.82) is 0 Å².